The van der Waals surface area contributed by atoms with E-state index in [2.05, 4.69) is 28.2 Å². The maximum atomic E-state index is 13.6. The average Bonchev–Trinajstić information content (AvgIpc) is 3.10. The topological polar surface area (TPSA) is 64.0 Å². The fourth-order valence-electron chi connectivity index (χ4n) is 3.48. The van der Waals surface area contributed by atoms with Gasteiger partial charge in [-0.2, -0.15) is 0 Å². The summed E-state index contributed by atoms with van der Waals surface area (Å²) in [5, 5.41) is 4.41. The van der Waals surface area contributed by atoms with E-state index in [4.69, 9.17) is 16.6 Å². The van der Waals surface area contributed by atoms with Crippen molar-refractivity contribution in [2.24, 2.45) is 0 Å². The zero-order chi connectivity index (χ0) is 23.5. The minimum atomic E-state index is -0.229. The summed E-state index contributed by atoms with van der Waals surface area (Å²) < 4.78 is 2.43. The van der Waals surface area contributed by atoms with Gasteiger partial charge in [-0.1, -0.05) is 70.8 Å². The van der Waals surface area contributed by atoms with Gasteiger partial charge in [0, 0.05) is 9.35 Å². The summed E-state index contributed by atoms with van der Waals surface area (Å²) in [6.07, 6.45) is 1.91. The van der Waals surface area contributed by atoms with E-state index in [0.717, 1.165) is 28.6 Å². The summed E-state index contributed by atoms with van der Waals surface area (Å²) in [5.74, 6) is -0.143. The van der Waals surface area contributed by atoms with Crippen LogP contribution in [0.1, 0.15) is 23.8 Å². The minimum Gasteiger partial charge on any atom is -0.324 e. The van der Waals surface area contributed by atoms with Crippen molar-refractivity contribution >= 4 is 72.4 Å². The highest BCUT2D eigenvalue weighted by molar-refractivity contribution is 9.10. The van der Waals surface area contributed by atoms with Gasteiger partial charge in [-0.25, -0.2) is 4.98 Å². The molecule has 1 N–H and O–H groups in total. The Hall–Kier alpha value is -2.13. The largest absolute Gasteiger partial charge is 0.324 e. The Morgan fingerprint density at radius 2 is 2.00 bits per heavy atom. The zero-order valence-corrected chi connectivity index (χ0v) is 22.0. The lowest BCUT2D eigenvalue weighted by Gasteiger charge is -2.12. The van der Waals surface area contributed by atoms with Gasteiger partial charge in [-0.05, 0) is 49.2 Å². The van der Waals surface area contributed by atoms with Gasteiger partial charge < -0.3 is 5.32 Å². The predicted octanol–water partition coefficient (Wildman–Crippen LogP) is 6.85. The smallest absolute Gasteiger partial charge is 0.267 e. The highest BCUT2D eigenvalue weighted by atomic mass is 79.9. The van der Waals surface area contributed by atoms with E-state index in [1.54, 1.807) is 28.0 Å². The highest BCUT2D eigenvalue weighted by Crippen LogP contribution is 2.31. The summed E-state index contributed by atoms with van der Waals surface area (Å²) in [6, 6.07) is 14.7. The van der Waals surface area contributed by atoms with Gasteiger partial charge in [-0.3, -0.25) is 14.2 Å². The molecule has 0 aliphatic carbocycles. The van der Waals surface area contributed by atoms with Crippen LogP contribution in [-0.4, -0.2) is 21.2 Å². The van der Waals surface area contributed by atoms with Crippen LogP contribution < -0.4 is 10.9 Å². The fraction of sp³-hybridized carbons (Fsp3) is 0.208. The number of halogens is 2. The number of hydrogen-bond acceptors (Lipinski definition) is 5. The standard InChI is InChI=1S/C24H21BrClN3O2S2/c1-3-7-19-14(2)21-22(33-19)28-24(29(23(21)31)16-8-5-4-6-9-16)32-13-20(30)27-18-11-10-15(25)12-17(18)26/h4-6,8-12H,3,7,13H2,1-2H3,(H,27,30). The number of benzene rings is 2. The van der Waals surface area contributed by atoms with Crippen molar-refractivity contribution in [1.29, 1.82) is 0 Å². The summed E-state index contributed by atoms with van der Waals surface area (Å²) in [7, 11) is 0. The lowest BCUT2D eigenvalue weighted by molar-refractivity contribution is -0.113. The molecule has 0 radical (unpaired) electrons. The van der Waals surface area contributed by atoms with E-state index < -0.39 is 0 Å². The Balaban J connectivity index is 1.69. The first-order valence-corrected chi connectivity index (χ1v) is 13.3. The predicted molar refractivity (Wildman–Crippen MR) is 142 cm³/mol. The number of rotatable bonds is 7. The summed E-state index contributed by atoms with van der Waals surface area (Å²) in [4.78, 5) is 33.0. The Labute approximate surface area is 213 Å². The van der Waals surface area contributed by atoms with E-state index >= 15 is 0 Å². The molecule has 0 atom stereocenters. The van der Waals surface area contributed by atoms with Gasteiger partial charge in [0.1, 0.15) is 4.83 Å². The SMILES string of the molecule is CCCc1sc2nc(SCC(=O)Nc3ccc(Br)cc3Cl)n(-c3ccccc3)c(=O)c2c1C. The molecule has 0 saturated carbocycles. The maximum absolute atomic E-state index is 13.6. The molecule has 4 rings (SSSR count). The second-order valence-corrected chi connectivity index (χ2v) is 10.8. The van der Waals surface area contributed by atoms with Crippen LogP contribution >= 0.6 is 50.6 Å². The number of carbonyl (C=O) groups is 1. The van der Waals surface area contributed by atoms with Gasteiger partial charge in [0.05, 0.1) is 27.5 Å². The maximum Gasteiger partial charge on any atom is 0.267 e. The van der Waals surface area contributed by atoms with Gasteiger partial charge in [0.15, 0.2) is 5.16 Å². The van der Waals surface area contributed by atoms with E-state index in [9.17, 15) is 9.59 Å². The van der Waals surface area contributed by atoms with Crippen LogP contribution in [-0.2, 0) is 11.2 Å². The first kappa shape index (κ1) is 24.0. The van der Waals surface area contributed by atoms with Crippen LogP contribution in [0.5, 0.6) is 0 Å². The number of hydrogen-bond donors (Lipinski definition) is 1. The molecule has 0 bridgehead atoms. The number of para-hydroxylation sites is 1. The monoisotopic (exact) mass is 561 g/mol. The van der Waals surface area contributed by atoms with Crippen molar-refractivity contribution in [2.45, 2.75) is 31.8 Å². The molecule has 9 heteroatoms. The number of aromatic nitrogens is 2. The normalized spacial score (nSPS) is 11.2. The lowest BCUT2D eigenvalue weighted by atomic mass is 10.1. The van der Waals surface area contributed by atoms with Gasteiger partial charge in [-0.15, -0.1) is 11.3 Å². The van der Waals surface area contributed by atoms with Crippen LogP contribution in [0, 0.1) is 6.92 Å². The number of thioether (sulfide) groups is 1. The Morgan fingerprint density at radius 3 is 2.70 bits per heavy atom. The second-order valence-electron chi connectivity index (χ2n) is 7.41. The van der Waals surface area contributed by atoms with Gasteiger partial charge in [0.25, 0.3) is 5.56 Å². The Kier molecular flexibility index (Phi) is 7.58. The first-order chi connectivity index (χ1) is 15.9. The van der Waals surface area contributed by atoms with E-state index in [0.29, 0.717) is 26.1 Å². The number of nitrogens with one attached hydrogen (secondary N) is 1. The number of thiophene rings is 1. The number of aryl methyl sites for hydroxylation is 2. The van der Waals surface area contributed by atoms with Crippen LogP contribution in [0.3, 0.4) is 0 Å². The van der Waals surface area contributed by atoms with Gasteiger partial charge in [0.2, 0.25) is 5.91 Å². The molecule has 0 saturated heterocycles. The van der Waals surface area contributed by atoms with Gasteiger partial charge >= 0.3 is 0 Å². The third kappa shape index (κ3) is 5.19. The molecule has 4 aromatic rings. The van der Waals surface area contributed by atoms with Crippen molar-refractivity contribution in [3.05, 3.63) is 78.8 Å². The Bertz CT molecular complexity index is 1390. The van der Waals surface area contributed by atoms with Crippen molar-refractivity contribution in [1.82, 2.24) is 9.55 Å². The molecule has 0 unspecified atom stereocenters. The lowest BCUT2D eigenvalue weighted by Crippen LogP contribution is -2.22. The summed E-state index contributed by atoms with van der Waals surface area (Å²) in [5.41, 5.74) is 2.14. The molecule has 33 heavy (non-hydrogen) atoms. The molecular formula is C24H21BrClN3O2S2. The average molecular weight is 563 g/mol. The van der Waals surface area contributed by atoms with Crippen molar-refractivity contribution in [3.63, 3.8) is 0 Å². The molecule has 0 aliphatic rings. The van der Waals surface area contributed by atoms with Crippen LogP contribution in [0.15, 0.2) is 63.0 Å². The molecule has 2 aromatic carbocycles. The van der Waals surface area contributed by atoms with Crippen LogP contribution in [0.25, 0.3) is 15.9 Å². The van der Waals surface area contributed by atoms with Crippen molar-refractivity contribution in [3.8, 4) is 5.69 Å². The quantitative estimate of drug-likeness (QED) is 0.198. The number of fused-ring (bicyclic) bond motifs is 1. The first-order valence-electron chi connectivity index (χ1n) is 10.4. The second kappa shape index (κ2) is 10.4. The molecule has 0 fully saturated rings. The summed E-state index contributed by atoms with van der Waals surface area (Å²) in [6.45, 7) is 4.11. The number of nitrogens with zero attached hydrogens (tertiary/aromatic N) is 2. The number of carbonyl (C=O) groups excluding carboxylic acids is 1. The van der Waals surface area contributed by atoms with E-state index in [-0.39, 0.29) is 17.2 Å². The Morgan fingerprint density at radius 1 is 1.24 bits per heavy atom. The third-order valence-corrected chi connectivity index (χ3v) is 8.05. The molecule has 2 aromatic heterocycles. The van der Waals surface area contributed by atoms with Crippen molar-refractivity contribution in [2.75, 3.05) is 11.1 Å². The highest BCUT2D eigenvalue weighted by Gasteiger charge is 2.20. The zero-order valence-electron chi connectivity index (χ0n) is 18.0. The van der Waals surface area contributed by atoms with Crippen LogP contribution in [0.4, 0.5) is 5.69 Å². The molecule has 2 heterocycles. The molecule has 0 spiro atoms. The number of anilines is 1. The third-order valence-electron chi connectivity index (χ3n) is 5.06. The molecule has 0 aliphatic heterocycles. The molecule has 170 valence electrons. The molecule has 1 amide bonds. The molecular weight excluding hydrogens is 542 g/mol. The summed E-state index contributed by atoms with van der Waals surface area (Å²) >= 11 is 12.4. The minimum absolute atomic E-state index is 0.0867. The van der Waals surface area contributed by atoms with E-state index in [1.807, 2.05) is 43.3 Å². The van der Waals surface area contributed by atoms with E-state index in [1.165, 1.54) is 16.6 Å². The molecule has 5 nitrogen and oxygen atoms in total. The van der Waals surface area contributed by atoms with Crippen LogP contribution in [0.2, 0.25) is 5.02 Å². The fourth-order valence-corrected chi connectivity index (χ4v) is 6.34. The number of amides is 1. The van der Waals surface area contributed by atoms with Crippen molar-refractivity contribution < 1.29 is 4.79 Å².